The Hall–Kier alpha value is -3.91. The molecular formula is C22H17ClN4O4. The van der Waals surface area contributed by atoms with Crippen molar-refractivity contribution in [1.82, 2.24) is 9.88 Å². The van der Waals surface area contributed by atoms with E-state index in [4.69, 9.17) is 11.6 Å². The van der Waals surface area contributed by atoms with Crippen LogP contribution in [0.2, 0.25) is 5.02 Å². The van der Waals surface area contributed by atoms with E-state index < -0.39 is 16.9 Å². The van der Waals surface area contributed by atoms with Crippen LogP contribution in [0.5, 0.6) is 0 Å². The first-order valence-electron chi connectivity index (χ1n) is 9.33. The van der Waals surface area contributed by atoms with Gasteiger partial charge >= 0.3 is 6.03 Å². The fourth-order valence-electron chi connectivity index (χ4n) is 3.59. The lowest BCUT2D eigenvalue weighted by atomic mass is 10.2. The number of benzene rings is 2. The molecule has 0 atom stereocenters. The molecule has 3 aromatic rings. The van der Waals surface area contributed by atoms with Crippen LogP contribution in [0, 0.1) is 24.0 Å². The first-order valence-corrected chi connectivity index (χ1v) is 9.70. The average molecular weight is 437 g/mol. The van der Waals surface area contributed by atoms with E-state index in [1.807, 2.05) is 24.5 Å². The van der Waals surface area contributed by atoms with Gasteiger partial charge in [-0.3, -0.25) is 14.9 Å². The van der Waals surface area contributed by atoms with Gasteiger partial charge in [0.05, 0.1) is 10.6 Å². The Morgan fingerprint density at radius 2 is 1.74 bits per heavy atom. The maximum Gasteiger partial charge on any atom is 0.333 e. The smallest absolute Gasteiger partial charge is 0.318 e. The average Bonchev–Trinajstić information content (AvgIpc) is 3.16. The van der Waals surface area contributed by atoms with Gasteiger partial charge in [0.2, 0.25) is 0 Å². The second-order valence-electron chi connectivity index (χ2n) is 7.04. The Morgan fingerprint density at radius 1 is 1.03 bits per heavy atom. The largest absolute Gasteiger partial charge is 0.333 e. The normalized spacial score (nSPS) is 14.9. The molecule has 8 nitrogen and oxygen atoms in total. The summed E-state index contributed by atoms with van der Waals surface area (Å²) in [7, 11) is 0. The molecule has 0 spiro atoms. The van der Waals surface area contributed by atoms with Gasteiger partial charge in [-0.05, 0) is 61.9 Å². The van der Waals surface area contributed by atoms with E-state index in [9.17, 15) is 19.7 Å². The number of nitrogens with zero attached hydrogens (tertiary/aromatic N) is 3. The minimum absolute atomic E-state index is 0.00826. The van der Waals surface area contributed by atoms with Crippen LogP contribution < -0.4 is 10.2 Å². The number of anilines is 1. The number of hydrogen-bond donors (Lipinski definition) is 1. The van der Waals surface area contributed by atoms with Gasteiger partial charge in [0.1, 0.15) is 5.70 Å². The minimum atomic E-state index is -0.553. The Bertz CT molecular complexity index is 1260. The number of carbonyl (C=O) groups is 2. The number of non-ortho nitro benzene ring substituents is 1. The maximum atomic E-state index is 12.9. The summed E-state index contributed by atoms with van der Waals surface area (Å²) in [6.45, 7) is 3.76. The van der Waals surface area contributed by atoms with Crippen LogP contribution in [-0.4, -0.2) is 21.4 Å². The number of imide groups is 1. The van der Waals surface area contributed by atoms with Crippen molar-refractivity contribution in [2.24, 2.45) is 0 Å². The number of halogens is 1. The highest BCUT2D eigenvalue weighted by Gasteiger charge is 2.35. The molecule has 0 aliphatic carbocycles. The molecule has 2 heterocycles. The van der Waals surface area contributed by atoms with Crippen molar-refractivity contribution in [2.75, 3.05) is 4.90 Å². The molecule has 2 aromatic carbocycles. The third-order valence-electron chi connectivity index (χ3n) is 5.03. The quantitative estimate of drug-likeness (QED) is 0.276. The van der Waals surface area contributed by atoms with Crippen molar-refractivity contribution in [2.45, 2.75) is 13.8 Å². The molecule has 1 fully saturated rings. The van der Waals surface area contributed by atoms with Crippen LogP contribution >= 0.6 is 11.6 Å². The van der Waals surface area contributed by atoms with Crippen LogP contribution in [0.4, 0.5) is 16.2 Å². The minimum Gasteiger partial charge on any atom is -0.318 e. The van der Waals surface area contributed by atoms with Crippen molar-refractivity contribution in [3.8, 4) is 5.69 Å². The van der Waals surface area contributed by atoms with Crippen LogP contribution in [-0.2, 0) is 4.79 Å². The first kappa shape index (κ1) is 20.4. The molecule has 1 N–H and O–H groups in total. The zero-order chi connectivity index (χ0) is 22.3. The lowest BCUT2D eigenvalue weighted by Gasteiger charge is -2.11. The highest BCUT2D eigenvalue weighted by Crippen LogP contribution is 2.27. The lowest BCUT2D eigenvalue weighted by Crippen LogP contribution is -2.30. The van der Waals surface area contributed by atoms with Crippen molar-refractivity contribution in [3.63, 3.8) is 0 Å². The summed E-state index contributed by atoms with van der Waals surface area (Å²) in [6, 6.07) is 14.0. The molecule has 31 heavy (non-hydrogen) atoms. The van der Waals surface area contributed by atoms with E-state index in [2.05, 4.69) is 5.32 Å². The number of nitro groups is 1. The number of rotatable bonds is 4. The molecule has 0 bridgehead atoms. The molecule has 1 saturated heterocycles. The fourth-order valence-corrected chi connectivity index (χ4v) is 3.78. The zero-order valence-electron chi connectivity index (χ0n) is 16.6. The maximum absolute atomic E-state index is 12.9. The number of urea groups is 1. The molecule has 1 aliphatic rings. The molecule has 9 heteroatoms. The molecule has 1 aliphatic heterocycles. The Labute approximate surface area is 182 Å². The van der Waals surface area contributed by atoms with E-state index in [0.717, 1.165) is 27.5 Å². The van der Waals surface area contributed by atoms with Crippen molar-refractivity contribution in [3.05, 3.63) is 92.4 Å². The van der Waals surface area contributed by atoms with Gasteiger partial charge in [-0.15, -0.1) is 0 Å². The topological polar surface area (TPSA) is 97.5 Å². The number of amides is 3. The van der Waals surface area contributed by atoms with Crippen molar-refractivity contribution < 1.29 is 14.5 Å². The summed E-state index contributed by atoms with van der Waals surface area (Å²) in [5.74, 6) is -0.479. The summed E-state index contributed by atoms with van der Waals surface area (Å²) >= 11 is 5.99. The SMILES string of the molecule is Cc1cc(/C=C2\NC(=O)N(c3cccc(Cl)c3)C2=O)c(C)n1-c1ccc([N+](=O)[O-])cc1. The summed E-state index contributed by atoms with van der Waals surface area (Å²) in [5.41, 5.74) is 3.74. The van der Waals surface area contributed by atoms with Crippen LogP contribution in [0.1, 0.15) is 17.0 Å². The third kappa shape index (κ3) is 3.69. The molecule has 3 amide bonds. The Kier molecular flexibility index (Phi) is 5.08. The molecule has 156 valence electrons. The number of nitrogens with one attached hydrogen (secondary N) is 1. The van der Waals surface area contributed by atoms with Gasteiger partial charge in [-0.2, -0.15) is 0 Å². The predicted octanol–water partition coefficient (Wildman–Crippen LogP) is 4.75. The van der Waals surface area contributed by atoms with Gasteiger partial charge in [0.25, 0.3) is 11.6 Å². The third-order valence-corrected chi connectivity index (χ3v) is 5.27. The van der Waals surface area contributed by atoms with Gasteiger partial charge in [0.15, 0.2) is 0 Å². The summed E-state index contributed by atoms with van der Waals surface area (Å²) < 4.78 is 1.92. The summed E-state index contributed by atoms with van der Waals surface area (Å²) in [6.07, 6.45) is 1.62. The number of nitro benzene ring substituents is 1. The number of aryl methyl sites for hydroxylation is 1. The zero-order valence-corrected chi connectivity index (χ0v) is 17.4. The van der Waals surface area contributed by atoms with Gasteiger partial charge < -0.3 is 9.88 Å². The molecule has 0 unspecified atom stereocenters. The second kappa shape index (κ2) is 7.73. The highest BCUT2D eigenvalue weighted by atomic mass is 35.5. The number of hydrogen-bond acceptors (Lipinski definition) is 4. The van der Waals surface area contributed by atoms with Gasteiger partial charge in [-0.1, -0.05) is 17.7 Å². The van der Waals surface area contributed by atoms with E-state index in [-0.39, 0.29) is 11.4 Å². The molecule has 4 rings (SSSR count). The summed E-state index contributed by atoms with van der Waals surface area (Å²) in [4.78, 5) is 36.8. The highest BCUT2D eigenvalue weighted by molar-refractivity contribution is 6.32. The fraction of sp³-hybridized carbons (Fsp3) is 0.0909. The Morgan fingerprint density at radius 3 is 2.39 bits per heavy atom. The Balaban J connectivity index is 1.68. The van der Waals surface area contributed by atoms with E-state index in [1.54, 1.807) is 42.5 Å². The first-order chi connectivity index (χ1) is 14.8. The van der Waals surface area contributed by atoms with Crippen LogP contribution in [0.3, 0.4) is 0 Å². The van der Waals surface area contributed by atoms with E-state index in [0.29, 0.717) is 10.7 Å². The molecule has 0 saturated carbocycles. The molecule has 0 radical (unpaired) electrons. The van der Waals surface area contributed by atoms with Crippen LogP contribution in [0.15, 0.2) is 60.3 Å². The van der Waals surface area contributed by atoms with E-state index in [1.165, 1.54) is 12.1 Å². The summed E-state index contributed by atoms with van der Waals surface area (Å²) in [5, 5.41) is 13.9. The molecular weight excluding hydrogens is 420 g/mol. The van der Waals surface area contributed by atoms with Gasteiger partial charge in [-0.25, -0.2) is 9.69 Å². The van der Waals surface area contributed by atoms with Crippen molar-refractivity contribution >= 4 is 41.0 Å². The van der Waals surface area contributed by atoms with Crippen LogP contribution in [0.25, 0.3) is 11.8 Å². The predicted molar refractivity (Wildman–Crippen MR) is 117 cm³/mol. The van der Waals surface area contributed by atoms with E-state index >= 15 is 0 Å². The lowest BCUT2D eigenvalue weighted by molar-refractivity contribution is -0.384. The molecule has 1 aromatic heterocycles. The number of carbonyl (C=O) groups excluding carboxylic acids is 2. The van der Waals surface area contributed by atoms with Gasteiger partial charge in [0, 0.05) is 34.2 Å². The van der Waals surface area contributed by atoms with Crippen molar-refractivity contribution in [1.29, 1.82) is 0 Å². The number of aromatic nitrogens is 1. The monoisotopic (exact) mass is 436 g/mol. The second-order valence-corrected chi connectivity index (χ2v) is 7.48. The standard InChI is InChI=1S/C22H17ClN4O4/c1-13-10-15(14(2)25(13)17-6-8-18(9-7-17)27(30)31)11-20-21(28)26(22(29)24-20)19-5-3-4-16(23)12-19/h3-12H,1-2H3,(H,24,29)/b20-11-.